The highest BCUT2D eigenvalue weighted by Gasteiger charge is 2.39. The van der Waals surface area contributed by atoms with Crippen molar-refractivity contribution in [3.05, 3.63) is 135 Å². The summed E-state index contributed by atoms with van der Waals surface area (Å²) in [5.41, 5.74) is 3.71. The van der Waals surface area contributed by atoms with Crippen LogP contribution in [0, 0.1) is 0 Å². The number of hydrogen-bond donors (Lipinski definition) is 1. The van der Waals surface area contributed by atoms with Crippen molar-refractivity contribution in [3.8, 4) is 5.75 Å². The van der Waals surface area contributed by atoms with E-state index in [2.05, 4.69) is 34.6 Å². The Bertz CT molecular complexity index is 1430. The molecule has 0 saturated carbocycles. The van der Waals surface area contributed by atoms with Crippen molar-refractivity contribution in [1.29, 1.82) is 0 Å². The highest BCUT2D eigenvalue weighted by Crippen LogP contribution is 2.34. The minimum atomic E-state index is -0.308. The molecule has 1 amide bonds. The van der Waals surface area contributed by atoms with Gasteiger partial charge >= 0.3 is 0 Å². The van der Waals surface area contributed by atoms with Crippen LogP contribution in [0.2, 0.25) is 0 Å². The summed E-state index contributed by atoms with van der Waals surface area (Å²) in [6, 6.07) is 31.4. The summed E-state index contributed by atoms with van der Waals surface area (Å²) in [4.78, 5) is 29.4. The highest BCUT2D eigenvalue weighted by molar-refractivity contribution is 5.96. The maximum Gasteiger partial charge on any atom is 0.278 e. The third kappa shape index (κ3) is 5.31. The predicted octanol–water partition coefficient (Wildman–Crippen LogP) is 4.70. The van der Waals surface area contributed by atoms with Crippen LogP contribution in [0.25, 0.3) is 0 Å². The van der Waals surface area contributed by atoms with E-state index in [1.807, 2.05) is 92.3 Å². The first-order valence-electron chi connectivity index (χ1n) is 13.3. The van der Waals surface area contributed by atoms with Crippen molar-refractivity contribution < 1.29 is 9.53 Å². The van der Waals surface area contributed by atoms with Crippen LogP contribution in [-0.2, 0) is 13.2 Å². The number of aromatic nitrogens is 1. The van der Waals surface area contributed by atoms with Gasteiger partial charge in [0, 0.05) is 18.7 Å². The fraction of sp³-hybridized carbons (Fsp3) is 0.250. The van der Waals surface area contributed by atoms with E-state index in [0.29, 0.717) is 18.9 Å². The SMILES string of the molecule is CNCc1cc(=O)c(OCc2ccccc2)c2n1N(C(c1ccccc1)c1ccccc1)CN(C(C)C)C2=O. The Morgan fingerprint density at radius 1 is 0.846 bits per heavy atom. The fourth-order valence-corrected chi connectivity index (χ4v) is 5.11. The second kappa shape index (κ2) is 11.6. The van der Waals surface area contributed by atoms with Crippen LogP contribution in [0.1, 0.15) is 52.8 Å². The van der Waals surface area contributed by atoms with Gasteiger partial charge in [0.15, 0.2) is 11.4 Å². The van der Waals surface area contributed by atoms with E-state index in [0.717, 1.165) is 16.7 Å². The van der Waals surface area contributed by atoms with Crippen LogP contribution in [0.3, 0.4) is 0 Å². The molecule has 1 aliphatic heterocycles. The molecule has 200 valence electrons. The maximum absolute atomic E-state index is 14.1. The largest absolute Gasteiger partial charge is 0.482 e. The first-order valence-corrected chi connectivity index (χ1v) is 13.3. The summed E-state index contributed by atoms with van der Waals surface area (Å²) >= 11 is 0. The lowest BCUT2D eigenvalue weighted by atomic mass is 9.98. The van der Waals surface area contributed by atoms with Gasteiger partial charge in [-0.25, -0.2) is 4.68 Å². The van der Waals surface area contributed by atoms with Crippen molar-refractivity contribution in [1.82, 2.24) is 14.9 Å². The van der Waals surface area contributed by atoms with Crippen molar-refractivity contribution in [2.45, 2.75) is 39.1 Å². The molecule has 1 N–H and O–H groups in total. The first kappa shape index (κ1) is 26.3. The molecule has 0 unspecified atom stereocenters. The average molecular weight is 523 g/mol. The van der Waals surface area contributed by atoms with Gasteiger partial charge in [0.25, 0.3) is 5.91 Å². The Labute approximate surface area is 229 Å². The number of amides is 1. The molecule has 5 rings (SSSR count). The quantitative estimate of drug-likeness (QED) is 0.345. The second-order valence-corrected chi connectivity index (χ2v) is 9.97. The lowest BCUT2D eigenvalue weighted by Crippen LogP contribution is -2.58. The third-order valence-electron chi connectivity index (χ3n) is 6.97. The minimum Gasteiger partial charge on any atom is -0.482 e. The topological polar surface area (TPSA) is 66.8 Å². The molecular formula is C32H34N4O3. The zero-order valence-corrected chi connectivity index (χ0v) is 22.6. The molecule has 1 aromatic heterocycles. The number of nitrogens with zero attached hydrogens (tertiary/aromatic N) is 3. The Hall–Kier alpha value is -4.36. The van der Waals surface area contributed by atoms with Gasteiger partial charge in [-0.1, -0.05) is 91.0 Å². The summed E-state index contributed by atoms with van der Waals surface area (Å²) in [6.45, 7) is 4.92. The van der Waals surface area contributed by atoms with Crippen molar-refractivity contribution in [2.75, 3.05) is 18.7 Å². The van der Waals surface area contributed by atoms with Gasteiger partial charge in [-0.05, 0) is 37.6 Å². The predicted molar refractivity (Wildman–Crippen MR) is 153 cm³/mol. The molecule has 0 aliphatic carbocycles. The summed E-state index contributed by atoms with van der Waals surface area (Å²) in [5.74, 6) is -0.154. The summed E-state index contributed by atoms with van der Waals surface area (Å²) in [5, 5.41) is 5.34. The number of carbonyl (C=O) groups excluding carboxylic acids is 1. The van der Waals surface area contributed by atoms with E-state index in [-0.39, 0.29) is 41.5 Å². The number of carbonyl (C=O) groups is 1. The Morgan fingerprint density at radius 3 is 1.95 bits per heavy atom. The standard InChI is InChI=1S/C32H34N4O3/c1-23(2)34-22-35(29(25-15-9-5-10-16-25)26-17-11-6-12-18-26)36-27(20-33-3)19-28(37)31(30(36)32(34)38)39-21-24-13-7-4-8-14-24/h4-19,23,29,33H,20-22H2,1-3H3. The molecule has 4 aromatic rings. The average Bonchev–Trinajstić information content (AvgIpc) is 2.95. The first-order chi connectivity index (χ1) is 19.0. The van der Waals surface area contributed by atoms with Crippen LogP contribution in [0.15, 0.2) is 102 Å². The normalized spacial score (nSPS) is 13.2. The molecule has 7 nitrogen and oxygen atoms in total. The Balaban J connectivity index is 1.74. The molecule has 2 heterocycles. The molecule has 0 radical (unpaired) electrons. The molecule has 0 saturated heterocycles. The van der Waals surface area contributed by atoms with Crippen LogP contribution in [-0.4, -0.2) is 35.2 Å². The monoisotopic (exact) mass is 522 g/mol. The molecule has 0 spiro atoms. The molecule has 3 aromatic carbocycles. The number of hydrogen-bond acceptors (Lipinski definition) is 5. The van der Waals surface area contributed by atoms with Gasteiger partial charge in [0.05, 0.1) is 11.7 Å². The highest BCUT2D eigenvalue weighted by atomic mass is 16.5. The molecule has 0 fully saturated rings. The number of fused-ring (bicyclic) bond motifs is 1. The maximum atomic E-state index is 14.1. The van der Waals surface area contributed by atoms with Crippen molar-refractivity contribution in [3.63, 3.8) is 0 Å². The van der Waals surface area contributed by atoms with E-state index >= 15 is 0 Å². The molecule has 0 bridgehead atoms. The van der Waals surface area contributed by atoms with Gasteiger partial charge in [-0.2, -0.15) is 0 Å². The smallest absolute Gasteiger partial charge is 0.278 e. The zero-order valence-electron chi connectivity index (χ0n) is 22.6. The van der Waals surface area contributed by atoms with E-state index in [1.165, 1.54) is 0 Å². The lowest BCUT2D eigenvalue weighted by molar-refractivity contribution is 0.0615. The van der Waals surface area contributed by atoms with Gasteiger partial charge in [0.1, 0.15) is 13.3 Å². The van der Waals surface area contributed by atoms with Crippen LogP contribution in [0.5, 0.6) is 5.75 Å². The molecule has 0 atom stereocenters. The summed E-state index contributed by atoms with van der Waals surface area (Å²) in [6.07, 6.45) is 0. The van der Waals surface area contributed by atoms with E-state index in [4.69, 9.17) is 4.74 Å². The number of rotatable bonds is 9. The molecular weight excluding hydrogens is 488 g/mol. The van der Waals surface area contributed by atoms with Gasteiger partial charge in [-0.3, -0.25) is 14.6 Å². The van der Waals surface area contributed by atoms with Gasteiger partial charge in [-0.15, -0.1) is 0 Å². The zero-order chi connectivity index (χ0) is 27.4. The fourth-order valence-electron chi connectivity index (χ4n) is 5.11. The van der Waals surface area contributed by atoms with Gasteiger partial charge in [0.2, 0.25) is 5.43 Å². The molecule has 1 aliphatic rings. The van der Waals surface area contributed by atoms with Gasteiger partial charge < -0.3 is 15.0 Å². The lowest BCUT2D eigenvalue weighted by Gasteiger charge is -2.46. The van der Waals surface area contributed by atoms with E-state index < -0.39 is 0 Å². The molecule has 7 heteroatoms. The van der Waals surface area contributed by atoms with Crippen molar-refractivity contribution >= 4 is 5.91 Å². The molecule has 39 heavy (non-hydrogen) atoms. The van der Waals surface area contributed by atoms with E-state index in [9.17, 15) is 9.59 Å². The Morgan fingerprint density at radius 2 is 1.41 bits per heavy atom. The number of nitrogens with one attached hydrogen (secondary N) is 1. The second-order valence-electron chi connectivity index (χ2n) is 9.97. The van der Waals surface area contributed by atoms with Crippen LogP contribution < -0.4 is 20.5 Å². The summed E-state index contributed by atoms with van der Waals surface area (Å²) < 4.78 is 8.07. The van der Waals surface area contributed by atoms with Crippen LogP contribution >= 0.6 is 0 Å². The van der Waals surface area contributed by atoms with Crippen LogP contribution in [0.4, 0.5) is 0 Å². The summed E-state index contributed by atoms with van der Waals surface area (Å²) in [7, 11) is 1.83. The van der Waals surface area contributed by atoms with E-state index in [1.54, 1.807) is 11.0 Å². The van der Waals surface area contributed by atoms with Crippen molar-refractivity contribution in [2.24, 2.45) is 0 Å². The number of benzene rings is 3. The minimum absolute atomic E-state index is 0.0685. The number of pyridine rings is 1. The number of ether oxygens (including phenoxy) is 1. The Kier molecular flexibility index (Phi) is 7.79. The third-order valence-corrected chi connectivity index (χ3v) is 6.97.